The first-order chi connectivity index (χ1) is 16.7. The fraction of sp³-hybridized carbons (Fsp3) is 1.00. The number of rotatable bonds is 15. The highest BCUT2D eigenvalue weighted by atomic mass is 32.2. The van der Waals surface area contributed by atoms with Crippen molar-refractivity contribution in [3.8, 4) is 0 Å². The summed E-state index contributed by atoms with van der Waals surface area (Å²) in [6, 6.07) is 0. The van der Waals surface area contributed by atoms with E-state index < -0.39 is 75.5 Å². The van der Waals surface area contributed by atoms with Gasteiger partial charge in [0, 0.05) is 13.0 Å². The van der Waals surface area contributed by atoms with Crippen LogP contribution >= 0.6 is 0 Å². The van der Waals surface area contributed by atoms with Gasteiger partial charge in [-0.25, -0.2) is 8.42 Å². The first kappa shape index (κ1) is 37.7. The Morgan fingerprint density at radius 2 is 0.872 bits per heavy atom. The van der Waals surface area contributed by atoms with Crippen molar-refractivity contribution in [2.24, 2.45) is 0 Å². The first-order valence-electron chi connectivity index (χ1n) is 10.2. The van der Waals surface area contributed by atoms with E-state index in [1.807, 2.05) is 0 Å². The maximum Gasteiger partial charge on any atom is 0.460 e. The molecule has 0 heterocycles. The van der Waals surface area contributed by atoms with Crippen LogP contribution in [0.3, 0.4) is 0 Å². The molecular formula is C17H22F17N2O2S+. The number of nitrogens with zero attached hydrogens (tertiary/aromatic N) is 1. The van der Waals surface area contributed by atoms with E-state index in [0.29, 0.717) is 17.4 Å². The van der Waals surface area contributed by atoms with Crippen LogP contribution in [0.4, 0.5) is 74.6 Å². The molecular weight excluding hydrogens is 619 g/mol. The third kappa shape index (κ3) is 6.45. The van der Waals surface area contributed by atoms with Crippen LogP contribution in [-0.4, -0.2) is 106 Å². The summed E-state index contributed by atoms with van der Waals surface area (Å²) in [5.74, 6) is -53.6. The average molecular weight is 641 g/mol. The molecule has 4 nitrogen and oxygen atoms in total. The predicted octanol–water partition coefficient (Wildman–Crippen LogP) is 5.44. The summed E-state index contributed by atoms with van der Waals surface area (Å²) in [6.45, 7) is 0.0110. The molecule has 22 heteroatoms. The average Bonchev–Trinajstić information content (AvgIpc) is 2.70. The van der Waals surface area contributed by atoms with Gasteiger partial charge in [0.05, 0.1) is 33.4 Å². The quantitative estimate of drug-likeness (QED) is 0.147. The van der Waals surface area contributed by atoms with E-state index in [1.165, 1.54) is 0 Å². The van der Waals surface area contributed by atoms with E-state index >= 15 is 0 Å². The van der Waals surface area contributed by atoms with Crippen molar-refractivity contribution in [3.05, 3.63) is 0 Å². The fourth-order valence-electron chi connectivity index (χ4n) is 2.66. The van der Waals surface area contributed by atoms with Crippen LogP contribution < -0.4 is 5.32 Å². The lowest BCUT2D eigenvalue weighted by Crippen LogP contribution is -2.75. The molecule has 0 saturated carbocycles. The highest BCUT2D eigenvalue weighted by Gasteiger charge is 2.96. The van der Waals surface area contributed by atoms with Crippen LogP contribution in [0.2, 0.25) is 0 Å². The molecule has 1 N–H and O–H groups in total. The van der Waals surface area contributed by atoms with Crippen molar-refractivity contribution >= 4 is 9.84 Å². The molecule has 0 radical (unpaired) electrons. The number of nitrogens with one attached hydrogen (secondary N) is 1. The largest absolute Gasteiger partial charge is 0.460 e. The zero-order chi connectivity index (χ0) is 31.9. The molecule has 39 heavy (non-hydrogen) atoms. The van der Waals surface area contributed by atoms with E-state index in [1.54, 1.807) is 21.1 Å². The van der Waals surface area contributed by atoms with Crippen molar-refractivity contribution < 1.29 is 87.5 Å². The van der Waals surface area contributed by atoms with E-state index in [9.17, 15) is 83.1 Å². The zero-order valence-electron chi connectivity index (χ0n) is 19.8. The molecule has 0 aliphatic carbocycles. The summed E-state index contributed by atoms with van der Waals surface area (Å²) in [4.78, 5) is 0. The van der Waals surface area contributed by atoms with Gasteiger partial charge < -0.3 is 9.80 Å². The second kappa shape index (κ2) is 10.8. The van der Waals surface area contributed by atoms with Gasteiger partial charge >= 0.3 is 47.0 Å². The maximum absolute atomic E-state index is 13.9. The van der Waals surface area contributed by atoms with E-state index in [0.717, 1.165) is 0 Å². The van der Waals surface area contributed by atoms with E-state index in [4.69, 9.17) is 0 Å². The smallest absolute Gasteiger partial charge is 0.331 e. The number of alkyl halides is 17. The summed E-state index contributed by atoms with van der Waals surface area (Å²) in [7, 11) is -1.74. The fourth-order valence-corrected chi connectivity index (χ4v) is 3.96. The standard InChI is InChI=1S/C17H22F17N2O2S/c1-36(2,3)8-4-6-35-7-5-9-39(37,38)17(33,34)15(28,29)13(24,25)11(20,21)10(18,19)12(22,23)14(26,27)16(30,31)32/h35H,4-9H2,1-3H3/q+1. The molecule has 0 aliphatic heterocycles. The first-order valence-corrected chi connectivity index (χ1v) is 11.8. The summed E-state index contributed by atoms with van der Waals surface area (Å²) >= 11 is 0. The van der Waals surface area contributed by atoms with Crippen molar-refractivity contribution in [2.75, 3.05) is 46.5 Å². The molecule has 0 bridgehead atoms. The molecule has 0 fully saturated rings. The third-order valence-corrected chi connectivity index (χ3v) is 6.90. The minimum atomic E-state index is -8.81. The minimum Gasteiger partial charge on any atom is -0.331 e. The van der Waals surface area contributed by atoms with Gasteiger partial charge in [-0.3, -0.25) is 0 Å². The highest BCUT2D eigenvalue weighted by Crippen LogP contribution is 2.64. The lowest BCUT2D eigenvalue weighted by molar-refractivity contribution is -0.870. The second-order valence-corrected chi connectivity index (χ2v) is 11.4. The maximum atomic E-state index is 13.9. The summed E-state index contributed by atoms with van der Waals surface area (Å²) in [5, 5.41) is -5.02. The molecule has 0 aromatic heterocycles. The van der Waals surface area contributed by atoms with Crippen molar-refractivity contribution in [2.45, 2.75) is 59.8 Å². The minimum absolute atomic E-state index is 0.0816. The van der Waals surface area contributed by atoms with Gasteiger partial charge in [-0.15, -0.1) is 0 Å². The lowest BCUT2D eigenvalue weighted by atomic mass is 9.91. The number of quaternary nitrogens is 1. The van der Waals surface area contributed by atoms with Crippen molar-refractivity contribution in [1.29, 1.82) is 0 Å². The highest BCUT2D eigenvalue weighted by molar-refractivity contribution is 7.92. The predicted molar refractivity (Wildman–Crippen MR) is 99.5 cm³/mol. The van der Waals surface area contributed by atoms with Gasteiger partial charge in [-0.05, 0) is 13.0 Å². The van der Waals surface area contributed by atoms with Gasteiger partial charge in [0.15, 0.2) is 0 Å². The van der Waals surface area contributed by atoms with Gasteiger partial charge in [-0.2, -0.15) is 74.6 Å². The summed E-state index contributed by atoms with van der Waals surface area (Å²) < 4.78 is 249. The summed E-state index contributed by atoms with van der Waals surface area (Å²) in [5.41, 5.74) is 0. The van der Waals surface area contributed by atoms with Crippen LogP contribution in [0.25, 0.3) is 0 Å². The Morgan fingerprint density at radius 1 is 0.538 bits per heavy atom. The normalized spacial score (nSPS) is 16.1. The molecule has 0 saturated heterocycles. The second-order valence-electron chi connectivity index (χ2n) is 9.25. The van der Waals surface area contributed by atoms with Crippen LogP contribution in [0.15, 0.2) is 0 Å². The molecule has 0 atom stereocenters. The molecule has 0 unspecified atom stereocenters. The molecule has 236 valence electrons. The third-order valence-electron chi connectivity index (χ3n) is 5.03. The van der Waals surface area contributed by atoms with E-state index in [2.05, 4.69) is 5.32 Å². The van der Waals surface area contributed by atoms with Crippen molar-refractivity contribution in [1.82, 2.24) is 5.32 Å². The van der Waals surface area contributed by atoms with Crippen molar-refractivity contribution in [3.63, 3.8) is 0 Å². The molecule has 0 aliphatic rings. The lowest BCUT2D eigenvalue weighted by Gasteiger charge is -2.42. The Labute approximate surface area is 210 Å². The number of sulfone groups is 1. The molecule has 0 aromatic carbocycles. The number of halogens is 17. The molecule has 0 amide bonds. The Balaban J connectivity index is 6.11. The van der Waals surface area contributed by atoms with Gasteiger partial charge in [0.25, 0.3) is 0 Å². The SMILES string of the molecule is C[N+](C)(C)CCCNCCCS(=O)(=O)C(F)(F)C(F)(F)C(F)(F)C(F)(F)C(F)(F)C(F)(F)C(F)(F)C(F)(F)F. The van der Waals surface area contributed by atoms with Gasteiger partial charge in [-0.1, -0.05) is 0 Å². The topological polar surface area (TPSA) is 46.2 Å². The van der Waals surface area contributed by atoms with Crippen LogP contribution in [0, 0.1) is 0 Å². The number of hydrogen-bond acceptors (Lipinski definition) is 3. The Hall–Kier alpha value is -1.32. The molecule has 0 rings (SSSR count). The molecule has 0 spiro atoms. The van der Waals surface area contributed by atoms with Crippen LogP contribution in [-0.2, 0) is 9.84 Å². The zero-order valence-corrected chi connectivity index (χ0v) is 20.7. The van der Waals surface area contributed by atoms with Crippen LogP contribution in [0.5, 0.6) is 0 Å². The van der Waals surface area contributed by atoms with Gasteiger partial charge in [0.1, 0.15) is 0 Å². The number of hydrogen-bond donors (Lipinski definition) is 1. The monoisotopic (exact) mass is 641 g/mol. The molecule has 0 aromatic rings. The summed E-state index contributed by atoms with van der Waals surface area (Å²) in [6.07, 6.45) is -8.56. The Morgan fingerprint density at radius 3 is 1.23 bits per heavy atom. The van der Waals surface area contributed by atoms with Gasteiger partial charge in [0.2, 0.25) is 9.84 Å². The Bertz CT molecular complexity index is 940. The Kier molecular flexibility index (Phi) is 10.5. The van der Waals surface area contributed by atoms with E-state index in [-0.39, 0.29) is 6.54 Å². The van der Waals surface area contributed by atoms with Crippen LogP contribution in [0.1, 0.15) is 12.8 Å².